The first kappa shape index (κ1) is 17.7. The molecular formula is C19H26FN3O2. The lowest BCUT2D eigenvalue weighted by Gasteiger charge is -2.29. The molecule has 6 heteroatoms. The van der Waals surface area contributed by atoms with Gasteiger partial charge in [-0.3, -0.25) is 4.79 Å². The van der Waals surface area contributed by atoms with E-state index in [-0.39, 0.29) is 30.3 Å². The minimum absolute atomic E-state index is 0.139. The number of carbonyl (C=O) groups excluding carboxylic acids is 2. The second-order valence-electron chi connectivity index (χ2n) is 6.95. The maximum absolute atomic E-state index is 13.7. The summed E-state index contributed by atoms with van der Waals surface area (Å²) in [6, 6.07) is 6.01. The molecule has 0 spiro atoms. The molecule has 1 atom stereocenters. The van der Waals surface area contributed by atoms with Gasteiger partial charge in [0.15, 0.2) is 0 Å². The molecule has 1 aromatic carbocycles. The number of likely N-dealkylation sites (tertiary alicyclic amines) is 1. The van der Waals surface area contributed by atoms with E-state index >= 15 is 0 Å². The van der Waals surface area contributed by atoms with E-state index in [1.165, 1.54) is 12.5 Å². The van der Waals surface area contributed by atoms with Gasteiger partial charge < -0.3 is 15.5 Å². The number of halogens is 1. The Morgan fingerprint density at radius 1 is 1.08 bits per heavy atom. The van der Waals surface area contributed by atoms with E-state index in [2.05, 4.69) is 10.6 Å². The third-order valence-corrected chi connectivity index (χ3v) is 5.16. The molecule has 1 heterocycles. The number of rotatable bonds is 4. The zero-order valence-electron chi connectivity index (χ0n) is 14.5. The minimum Gasteiger partial charge on any atom is -0.350 e. The van der Waals surface area contributed by atoms with Gasteiger partial charge in [0.2, 0.25) is 5.91 Å². The first-order chi connectivity index (χ1) is 12.1. The third-order valence-electron chi connectivity index (χ3n) is 5.16. The minimum atomic E-state index is -0.463. The molecule has 1 saturated carbocycles. The first-order valence-electron chi connectivity index (χ1n) is 9.23. The zero-order chi connectivity index (χ0) is 17.6. The number of benzene rings is 1. The summed E-state index contributed by atoms with van der Waals surface area (Å²) in [6.45, 7) is 0.733. The van der Waals surface area contributed by atoms with Gasteiger partial charge >= 0.3 is 6.03 Å². The van der Waals surface area contributed by atoms with Gasteiger partial charge in [-0.1, -0.05) is 37.5 Å². The molecule has 5 nitrogen and oxygen atoms in total. The Morgan fingerprint density at radius 3 is 2.60 bits per heavy atom. The summed E-state index contributed by atoms with van der Waals surface area (Å²) in [5, 5.41) is 5.85. The zero-order valence-corrected chi connectivity index (χ0v) is 14.5. The van der Waals surface area contributed by atoms with Crippen LogP contribution in [0.25, 0.3) is 0 Å². The van der Waals surface area contributed by atoms with Crippen molar-refractivity contribution in [2.75, 3.05) is 6.54 Å². The van der Waals surface area contributed by atoms with Crippen LogP contribution < -0.4 is 10.6 Å². The van der Waals surface area contributed by atoms with Crippen LogP contribution >= 0.6 is 0 Å². The van der Waals surface area contributed by atoms with E-state index in [4.69, 9.17) is 0 Å². The Morgan fingerprint density at radius 2 is 1.84 bits per heavy atom. The van der Waals surface area contributed by atoms with Crippen LogP contribution in [0.4, 0.5) is 9.18 Å². The predicted octanol–water partition coefficient (Wildman–Crippen LogP) is 2.95. The van der Waals surface area contributed by atoms with Gasteiger partial charge in [0.1, 0.15) is 11.9 Å². The fourth-order valence-electron chi connectivity index (χ4n) is 3.73. The van der Waals surface area contributed by atoms with Crippen molar-refractivity contribution in [3.05, 3.63) is 35.6 Å². The first-order valence-corrected chi connectivity index (χ1v) is 9.23. The molecule has 0 bridgehead atoms. The van der Waals surface area contributed by atoms with Crippen LogP contribution in [0.5, 0.6) is 0 Å². The highest BCUT2D eigenvalue weighted by Gasteiger charge is 2.34. The number of hydrogen-bond donors (Lipinski definition) is 2. The second kappa shape index (κ2) is 8.32. The summed E-state index contributed by atoms with van der Waals surface area (Å²) in [5.74, 6) is -0.541. The lowest BCUT2D eigenvalue weighted by molar-refractivity contribution is -0.124. The number of hydrogen-bond acceptors (Lipinski definition) is 2. The number of urea groups is 1. The second-order valence-corrected chi connectivity index (χ2v) is 6.95. The van der Waals surface area contributed by atoms with Gasteiger partial charge in [-0.2, -0.15) is 0 Å². The molecule has 3 amide bonds. The SMILES string of the molecule is O=C(NCc1ccccc1F)[C@@H]1CCCN1C(=O)NC1CCCCC1. The van der Waals surface area contributed by atoms with E-state index in [9.17, 15) is 14.0 Å². The van der Waals surface area contributed by atoms with Crippen LogP contribution in [0.2, 0.25) is 0 Å². The van der Waals surface area contributed by atoms with Crippen LogP contribution in [0.15, 0.2) is 24.3 Å². The number of amides is 3. The molecule has 3 rings (SSSR count). The number of nitrogens with zero attached hydrogens (tertiary/aromatic N) is 1. The number of carbonyl (C=O) groups is 2. The van der Waals surface area contributed by atoms with Crippen LogP contribution in [0.1, 0.15) is 50.5 Å². The van der Waals surface area contributed by atoms with Crippen molar-refractivity contribution in [2.24, 2.45) is 0 Å². The van der Waals surface area contributed by atoms with Crippen LogP contribution in [-0.2, 0) is 11.3 Å². The fraction of sp³-hybridized carbons (Fsp3) is 0.579. The number of nitrogens with one attached hydrogen (secondary N) is 2. The predicted molar refractivity (Wildman–Crippen MR) is 93.4 cm³/mol. The molecular weight excluding hydrogens is 321 g/mol. The summed E-state index contributed by atoms with van der Waals surface area (Å²) in [5.41, 5.74) is 0.451. The highest BCUT2D eigenvalue weighted by Crippen LogP contribution is 2.21. The fourth-order valence-corrected chi connectivity index (χ4v) is 3.73. The highest BCUT2D eigenvalue weighted by atomic mass is 19.1. The topological polar surface area (TPSA) is 61.4 Å². The Hall–Kier alpha value is -2.11. The standard InChI is InChI=1S/C19H26FN3O2/c20-16-10-5-4-7-14(16)13-21-18(24)17-11-6-12-23(17)19(25)22-15-8-2-1-3-9-15/h4-5,7,10,15,17H,1-3,6,8-9,11-13H2,(H,21,24)(H,22,25)/t17-/m0/s1. The van der Waals surface area contributed by atoms with Gasteiger partial charge in [-0.05, 0) is 31.7 Å². The summed E-state index contributed by atoms with van der Waals surface area (Å²) in [7, 11) is 0. The lowest BCUT2D eigenvalue weighted by Crippen LogP contribution is -2.51. The van der Waals surface area contributed by atoms with Crippen molar-refractivity contribution in [1.82, 2.24) is 15.5 Å². The van der Waals surface area contributed by atoms with Gasteiger partial charge in [0.25, 0.3) is 0 Å². The molecule has 0 radical (unpaired) electrons. The largest absolute Gasteiger partial charge is 0.350 e. The average Bonchev–Trinajstić information content (AvgIpc) is 3.12. The van der Waals surface area contributed by atoms with Crippen LogP contribution in [-0.4, -0.2) is 35.5 Å². The van der Waals surface area contributed by atoms with Crippen molar-refractivity contribution in [3.8, 4) is 0 Å². The monoisotopic (exact) mass is 347 g/mol. The molecule has 2 N–H and O–H groups in total. The molecule has 2 fully saturated rings. The van der Waals surface area contributed by atoms with Gasteiger partial charge in [-0.25, -0.2) is 9.18 Å². The summed E-state index contributed by atoms with van der Waals surface area (Å²) >= 11 is 0. The molecule has 136 valence electrons. The van der Waals surface area contributed by atoms with Crippen LogP contribution in [0.3, 0.4) is 0 Å². The maximum Gasteiger partial charge on any atom is 0.318 e. The Labute approximate surface area is 148 Å². The lowest BCUT2D eigenvalue weighted by atomic mass is 9.96. The van der Waals surface area contributed by atoms with Gasteiger partial charge in [0, 0.05) is 24.7 Å². The van der Waals surface area contributed by atoms with E-state index in [0.717, 1.165) is 32.1 Å². The van der Waals surface area contributed by atoms with Crippen molar-refractivity contribution in [2.45, 2.75) is 63.6 Å². The molecule has 1 aliphatic heterocycles. The smallest absolute Gasteiger partial charge is 0.318 e. The van der Waals surface area contributed by atoms with Crippen molar-refractivity contribution in [3.63, 3.8) is 0 Å². The van der Waals surface area contributed by atoms with Crippen molar-refractivity contribution < 1.29 is 14.0 Å². The quantitative estimate of drug-likeness (QED) is 0.880. The normalized spacial score (nSPS) is 21.2. The third kappa shape index (κ3) is 4.50. The molecule has 0 unspecified atom stereocenters. The van der Waals surface area contributed by atoms with Crippen LogP contribution in [0, 0.1) is 5.82 Å². The van der Waals surface area contributed by atoms with E-state index in [1.807, 2.05) is 0 Å². The molecule has 25 heavy (non-hydrogen) atoms. The Balaban J connectivity index is 1.54. The van der Waals surface area contributed by atoms with Crippen molar-refractivity contribution in [1.29, 1.82) is 0 Å². The van der Waals surface area contributed by atoms with E-state index < -0.39 is 6.04 Å². The molecule has 1 aromatic rings. The molecule has 1 aliphatic carbocycles. The Bertz CT molecular complexity index is 616. The summed E-state index contributed by atoms with van der Waals surface area (Å²) < 4.78 is 13.7. The van der Waals surface area contributed by atoms with Crippen molar-refractivity contribution >= 4 is 11.9 Å². The Kier molecular flexibility index (Phi) is 5.89. The van der Waals surface area contributed by atoms with Gasteiger partial charge in [-0.15, -0.1) is 0 Å². The maximum atomic E-state index is 13.7. The molecule has 2 aliphatic rings. The summed E-state index contributed by atoms with van der Waals surface area (Å²) in [6.07, 6.45) is 7.04. The summed E-state index contributed by atoms with van der Waals surface area (Å²) in [4.78, 5) is 26.6. The van der Waals surface area contributed by atoms with Gasteiger partial charge in [0.05, 0.1) is 0 Å². The average molecular weight is 347 g/mol. The highest BCUT2D eigenvalue weighted by molar-refractivity contribution is 5.87. The molecule has 1 saturated heterocycles. The molecule has 0 aromatic heterocycles. The van der Waals surface area contributed by atoms with E-state index in [0.29, 0.717) is 18.5 Å². The van der Waals surface area contributed by atoms with E-state index in [1.54, 1.807) is 23.1 Å².